The van der Waals surface area contributed by atoms with Crippen molar-refractivity contribution in [2.45, 2.75) is 19.8 Å². The number of nitrogens with zero attached hydrogens (tertiary/aromatic N) is 2. The largest absolute Gasteiger partial charge is 0.385 e. The predicted octanol–water partition coefficient (Wildman–Crippen LogP) is 0.546. The Morgan fingerprint density at radius 3 is 2.45 bits per heavy atom. The maximum absolute atomic E-state index is 5.06. The van der Waals surface area contributed by atoms with Crippen LogP contribution in [0.25, 0.3) is 0 Å². The molecule has 0 atom stereocenters. The van der Waals surface area contributed by atoms with Crippen LogP contribution in [-0.2, 0) is 9.47 Å². The van der Waals surface area contributed by atoms with E-state index in [4.69, 9.17) is 9.47 Å². The van der Waals surface area contributed by atoms with E-state index in [1.807, 2.05) is 0 Å². The fourth-order valence-corrected chi connectivity index (χ4v) is 1.66. The van der Waals surface area contributed by atoms with E-state index in [2.05, 4.69) is 34.5 Å². The van der Waals surface area contributed by atoms with Crippen LogP contribution in [0.3, 0.4) is 0 Å². The summed E-state index contributed by atoms with van der Waals surface area (Å²) in [6, 6.07) is 0. The van der Waals surface area contributed by atoms with Gasteiger partial charge in [-0.1, -0.05) is 0 Å². The first kappa shape index (κ1) is 19.1. The highest BCUT2D eigenvalue weighted by Crippen LogP contribution is 1.87. The maximum Gasteiger partial charge on any atom is 0.191 e. The van der Waals surface area contributed by atoms with Crippen LogP contribution >= 0.6 is 0 Å². The first-order valence-corrected chi connectivity index (χ1v) is 7.43. The molecular weight excluding hydrogens is 256 g/mol. The van der Waals surface area contributed by atoms with E-state index < -0.39 is 0 Å². The lowest BCUT2D eigenvalue weighted by atomic mass is 10.4. The summed E-state index contributed by atoms with van der Waals surface area (Å²) in [6.45, 7) is 8.24. The van der Waals surface area contributed by atoms with Crippen molar-refractivity contribution in [2.75, 3.05) is 67.2 Å². The lowest BCUT2D eigenvalue weighted by Gasteiger charge is -2.16. The van der Waals surface area contributed by atoms with Gasteiger partial charge in [0, 0.05) is 47.0 Å². The Morgan fingerprint density at radius 1 is 1.05 bits per heavy atom. The molecule has 0 radical (unpaired) electrons. The van der Waals surface area contributed by atoms with Crippen LogP contribution in [0.2, 0.25) is 0 Å². The van der Waals surface area contributed by atoms with Crippen LogP contribution in [0.1, 0.15) is 19.8 Å². The van der Waals surface area contributed by atoms with Gasteiger partial charge in [0.25, 0.3) is 0 Å². The third-order valence-corrected chi connectivity index (χ3v) is 2.81. The summed E-state index contributed by atoms with van der Waals surface area (Å²) < 4.78 is 10.1. The van der Waals surface area contributed by atoms with Crippen molar-refractivity contribution in [3.8, 4) is 0 Å². The zero-order valence-corrected chi connectivity index (χ0v) is 13.6. The third kappa shape index (κ3) is 12.2. The number of ether oxygens (including phenoxy) is 2. The highest BCUT2D eigenvalue weighted by atomic mass is 16.5. The molecule has 6 heteroatoms. The number of nitrogens with one attached hydrogen (secondary N) is 2. The van der Waals surface area contributed by atoms with Crippen molar-refractivity contribution in [1.29, 1.82) is 0 Å². The Labute approximate surface area is 123 Å². The summed E-state index contributed by atoms with van der Waals surface area (Å²) in [6.07, 6.45) is 2.04. The van der Waals surface area contributed by atoms with Gasteiger partial charge in [0.05, 0.1) is 6.61 Å². The minimum absolute atomic E-state index is 0.757. The van der Waals surface area contributed by atoms with Crippen molar-refractivity contribution in [3.05, 3.63) is 0 Å². The molecule has 0 amide bonds. The summed E-state index contributed by atoms with van der Waals surface area (Å²) in [5.74, 6) is 0.892. The zero-order valence-electron chi connectivity index (χ0n) is 13.6. The molecule has 0 saturated carbocycles. The van der Waals surface area contributed by atoms with Crippen LogP contribution < -0.4 is 10.6 Å². The van der Waals surface area contributed by atoms with Gasteiger partial charge < -0.3 is 25.0 Å². The van der Waals surface area contributed by atoms with Gasteiger partial charge in [-0.25, -0.2) is 0 Å². The fraction of sp³-hybridized carbons (Fsp3) is 0.929. The quantitative estimate of drug-likeness (QED) is 0.312. The molecular formula is C14H32N4O2. The smallest absolute Gasteiger partial charge is 0.191 e. The highest BCUT2D eigenvalue weighted by Gasteiger charge is 1.99. The summed E-state index contributed by atoms with van der Waals surface area (Å²) in [4.78, 5) is 6.77. The number of aliphatic imine (C=N–C) groups is 1. The SMILES string of the molecule is CCNC(=NCCCOC)NCCCN(C)CCOC. The molecule has 120 valence electrons. The molecule has 0 aromatic rings. The topological polar surface area (TPSA) is 58.1 Å². The molecule has 0 aliphatic rings. The van der Waals surface area contributed by atoms with Crippen molar-refractivity contribution >= 4 is 5.96 Å². The predicted molar refractivity (Wildman–Crippen MR) is 84.5 cm³/mol. The third-order valence-electron chi connectivity index (χ3n) is 2.81. The van der Waals surface area contributed by atoms with Crippen molar-refractivity contribution < 1.29 is 9.47 Å². The number of hydrogen-bond acceptors (Lipinski definition) is 4. The second-order valence-corrected chi connectivity index (χ2v) is 4.68. The Balaban J connectivity index is 3.73. The van der Waals surface area contributed by atoms with Gasteiger partial charge in [0.15, 0.2) is 5.96 Å². The highest BCUT2D eigenvalue weighted by molar-refractivity contribution is 5.79. The minimum atomic E-state index is 0.757. The van der Waals surface area contributed by atoms with Crippen molar-refractivity contribution in [1.82, 2.24) is 15.5 Å². The monoisotopic (exact) mass is 288 g/mol. The van der Waals surface area contributed by atoms with Gasteiger partial charge in [0.1, 0.15) is 0 Å². The molecule has 0 aliphatic heterocycles. The average Bonchev–Trinajstić information content (AvgIpc) is 2.45. The summed E-state index contributed by atoms with van der Waals surface area (Å²) in [5, 5.41) is 6.60. The lowest BCUT2D eigenvalue weighted by molar-refractivity contribution is 0.161. The van der Waals surface area contributed by atoms with Gasteiger partial charge in [0.2, 0.25) is 0 Å². The Morgan fingerprint density at radius 2 is 1.80 bits per heavy atom. The molecule has 6 nitrogen and oxygen atoms in total. The molecule has 0 aromatic heterocycles. The Bertz CT molecular complexity index is 237. The molecule has 0 spiro atoms. The lowest BCUT2D eigenvalue weighted by Crippen LogP contribution is -2.38. The van der Waals surface area contributed by atoms with E-state index >= 15 is 0 Å². The zero-order chi connectivity index (χ0) is 15.1. The molecule has 2 N–H and O–H groups in total. The molecule has 0 aliphatic carbocycles. The summed E-state index contributed by atoms with van der Waals surface area (Å²) >= 11 is 0. The van der Waals surface area contributed by atoms with E-state index in [-0.39, 0.29) is 0 Å². The molecule has 0 saturated heterocycles. The van der Waals surface area contributed by atoms with E-state index in [9.17, 15) is 0 Å². The van der Waals surface area contributed by atoms with E-state index in [1.54, 1.807) is 14.2 Å². The standard InChI is InChI=1S/C14H32N4O2/c1-5-15-14(17-9-7-12-19-3)16-8-6-10-18(2)11-13-20-4/h5-13H2,1-4H3,(H2,15,16,17). The van der Waals surface area contributed by atoms with E-state index in [0.717, 1.165) is 64.7 Å². The summed E-state index contributed by atoms with van der Waals surface area (Å²) in [5.41, 5.74) is 0. The van der Waals surface area contributed by atoms with Crippen LogP contribution in [-0.4, -0.2) is 78.1 Å². The average molecular weight is 288 g/mol. The maximum atomic E-state index is 5.06. The second-order valence-electron chi connectivity index (χ2n) is 4.68. The molecule has 0 bridgehead atoms. The molecule has 0 aromatic carbocycles. The van der Waals surface area contributed by atoms with Crippen LogP contribution in [0.5, 0.6) is 0 Å². The number of hydrogen-bond donors (Lipinski definition) is 2. The van der Waals surface area contributed by atoms with Crippen LogP contribution in [0.15, 0.2) is 4.99 Å². The summed E-state index contributed by atoms with van der Waals surface area (Å²) in [7, 11) is 5.56. The van der Waals surface area contributed by atoms with Gasteiger partial charge in [-0.15, -0.1) is 0 Å². The van der Waals surface area contributed by atoms with Crippen LogP contribution in [0, 0.1) is 0 Å². The van der Waals surface area contributed by atoms with Gasteiger partial charge in [-0.3, -0.25) is 4.99 Å². The first-order chi connectivity index (χ1) is 9.74. The molecule has 20 heavy (non-hydrogen) atoms. The van der Waals surface area contributed by atoms with Crippen molar-refractivity contribution in [3.63, 3.8) is 0 Å². The Hall–Kier alpha value is -0.850. The first-order valence-electron chi connectivity index (χ1n) is 7.43. The minimum Gasteiger partial charge on any atom is -0.385 e. The number of rotatable bonds is 12. The van der Waals surface area contributed by atoms with Gasteiger partial charge in [-0.05, 0) is 33.4 Å². The number of methoxy groups -OCH3 is 2. The Kier molecular flexibility index (Phi) is 13.9. The number of guanidine groups is 1. The molecule has 0 unspecified atom stereocenters. The van der Waals surface area contributed by atoms with Gasteiger partial charge >= 0.3 is 0 Å². The van der Waals surface area contributed by atoms with Crippen LogP contribution in [0.4, 0.5) is 0 Å². The molecule has 0 rings (SSSR count). The number of likely N-dealkylation sites (N-methyl/N-ethyl adjacent to an activating group) is 1. The van der Waals surface area contributed by atoms with E-state index in [1.165, 1.54) is 0 Å². The normalized spacial score (nSPS) is 11.9. The second kappa shape index (κ2) is 14.6. The van der Waals surface area contributed by atoms with Crippen molar-refractivity contribution in [2.24, 2.45) is 4.99 Å². The van der Waals surface area contributed by atoms with E-state index in [0.29, 0.717) is 0 Å². The molecule has 0 heterocycles. The van der Waals surface area contributed by atoms with Gasteiger partial charge in [-0.2, -0.15) is 0 Å². The fourth-order valence-electron chi connectivity index (χ4n) is 1.66. The molecule has 0 fully saturated rings.